The predicted octanol–water partition coefficient (Wildman–Crippen LogP) is 4.03. The number of aryl methyl sites for hydroxylation is 1. The van der Waals surface area contributed by atoms with Crippen molar-refractivity contribution in [2.24, 2.45) is 0 Å². The third-order valence-electron chi connectivity index (χ3n) is 3.67. The number of hydrogen-bond donors (Lipinski definition) is 0. The molecule has 0 fully saturated rings. The van der Waals surface area contributed by atoms with Gasteiger partial charge < -0.3 is 0 Å². The van der Waals surface area contributed by atoms with Crippen molar-refractivity contribution in [2.45, 2.75) is 19.3 Å². The van der Waals surface area contributed by atoms with E-state index in [2.05, 4.69) is 18.2 Å². The fourth-order valence-electron chi connectivity index (χ4n) is 2.49. The van der Waals surface area contributed by atoms with Crippen molar-refractivity contribution in [2.75, 3.05) is 4.90 Å². The Morgan fingerprint density at radius 3 is 2.35 bits per heavy atom. The molecule has 3 rings (SSSR count). The van der Waals surface area contributed by atoms with Gasteiger partial charge >= 0.3 is 0 Å². The van der Waals surface area contributed by atoms with Crippen molar-refractivity contribution in [3.8, 4) is 0 Å². The molecule has 1 aliphatic rings. The molecule has 1 unspecified atom stereocenters. The molecule has 0 aliphatic carbocycles. The Morgan fingerprint density at radius 2 is 1.70 bits per heavy atom. The second kappa shape index (κ2) is 5.33. The minimum absolute atomic E-state index is 0.144. The molecule has 1 heterocycles. The maximum absolute atomic E-state index is 12.3. The minimum atomic E-state index is 0.144. The Morgan fingerprint density at radius 1 is 1.00 bits per heavy atom. The van der Waals surface area contributed by atoms with E-state index in [0.29, 0.717) is 6.42 Å². The lowest BCUT2D eigenvalue weighted by molar-refractivity contribution is -0.118. The van der Waals surface area contributed by atoms with Gasteiger partial charge in [0.1, 0.15) is 0 Å². The molecule has 1 aliphatic heterocycles. The summed E-state index contributed by atoms with van der Waals surface area (Å²) in [5, 5.41) is 0. The first-order valence-electron chi connectivity index (χ1n) is 6.86. The molecule has 0 N–H and O–H groups in total. The van der Waals surface area contributed by atoms with Crippen LogP contribution in [-0.4, -0.2) is 5.91 Å². The molecule has 2 aromatic carbocycles. The van der Waals surface area contributed by atoms with Crippen molar-refractivity contribution in [1.29, 1.82) is 0 Å². The van der Waals surface area contributed by atoms with E-state index < -0.39 is 0 Å². The number of carbonyl (C=O) groups excluding carboxylic acids is 1. The summed E-state index contributed by atoms with van der Waals surface area (Å²) in [5.41, 5.74) is 3.33. The highest BCUT2D eigenvalue weighted by atomic mass is 16.2. The van der Waals surface area contributed by atoms with Crippen molar-refractivity contribution in [3.63, 3.8) is 0 Å². The highest BCUT2D eigenvalue weighted by molar-refractivity contribution is 5.96. The average molecular weight is 263 g/mol. The summed E-state index contributed by atoms with van der Waals surface area (Å²) in [6, 6.07) is 18.2. The number of amides is 1. The molecule has 0 spiro atoms. The fourth-order valence-corrected chi connectivity index (χ4v) is 2.49. The van der Waals surface area contributed by atoms with Crippen LogP contribution in [0, 0.1) is 6.92 Å². The number of benzene rings is 2. The SMILES string of the molecule is Cc1ccc(N2C=CC(c3ccccc3)CC2=O)cc1. The van der Waals surface area contributed by atoms with Crippen molar-refractivity contribution in [3.05, 3.63) is 78.0 Å². The Bertz CT molecular complexity index is 628. The topological polar surface area (TPSA) is 20.3 Å². The van der Waals surface area contributed by atoms with E-state index in [1.54, 1.807) is 4.90 Å². The Balaban J connectivity index is 1.84. The Kier molecular flexibility index (Phi) is 3.38. The van der Waals surface area contributed by atoms with E-state index >= 15 is 0 Å². The number of nitrogens with zero attached hydrogens (tertiary/aromatic N) is 1. The highest BCUT2D eigenvalue weighted by Gasteiger charge is 2.23. The van der Waals surface area contributed by atoms with Crippen molar-refractivity contribution in [1.82, 2.24) is 0 Å². The van der Waals surface area contributed by atoms with Gasteiger partial charge in [-0.15, -0.1) is 0 Å². The average Bonchev–Trinajstić information content (AvgIpc) is 2.49. The fraction of sp³-hybridized carbons (Fsp3) is 0.167. The lowest BCUT2D eigenvalue weighted by Crippen LogP contribution is -2.29. The lowest BCUT2D eigenvalue weighted by Gasteiger charge is -2.26. The lowest BCUT2D eigenvalue weighted by atomic mass is 9.93. The van der Waals surface area contributed by atoms with E-state index in [1.165, 1.54) is 11.1 Å². The van der Waals surface area contributed by atoms with Gasteiger partial charge in [-0.05, 0) is 24.6 Å². The van der Waals surface area contributed by atoms with E-state index in [0.717, 1.165) is 5.69 Å². The first kappa shape index (κ1) is 12.7. The summed E-state index contributed by atoms with van der Waals surface area (Å²) in [5.74, 6) is 0.329. The van der Waals surface area contributed by atoms with Crippen LogP contribution in [0.2, 0.25) is 0 Å². The van der Waals surface area contributed by atoms with Gasteiger partial charge in [-0.1, -0.05) is 54.1 Å². The van der Waals surface area contributed by atoms with E-state index in [9.17, 15) is 4.79 Å². The molecule has 0 radical (unpaired) electrons. The van der Waals surface area contributed by atoms with Gasteiger partial charge in [0.15, 0.2) is 0 Å². The molecular formula is C18H17NO. The van der Waals surface area contributed by atoms with Gasteiger partial charge in [0.2, 0.25) is 5.91 Å². The number of rotatable bonds is 2. The highest BCUT2D eigenvalue weighted by Crippen LogP contribution is 2.28. The first-order valence-corrected chi connectivity index (χ1v) is 6.86. The summed E-state index contributed by atoms with van der Waals surface area (Å²) in [6.45, 7) is 2.04. The molecule has 0 aromatic heterocycles. The number of allylic oxidation sites excluding steroid dienone is 1. The van der Waals surface area contributed by atoms with E-state index in [-0.39, 0.29) is 11.8 Å². The van der Waals surface area contributed by atoms with Gasteiger partial charge in [-0.3, -0.25) is 9.69 Å². The van der Waals surface area contributed by atoms with Crippen LogP contribution in [0.5, 0.6) is 0 Å². The Labute approximate surface area is 119 Å². The summed E-state index contributed by atoms with van der Waals surface area (Å²) < 4.78 is 0. The molecule has 1 atom stereocenters. The van der Waals surface area contributed by atoms with Crippen LogP contribution in [-0.2, 0) is 4.79 Å². The maximum atomic E-state index is 12.3. The standard InChI is InChI=1S/C18H17NO/c1-14-7-9-17(10-8-14)19-12-11-16(13-18(19)20)15-5-3-2-4-6-15/h2-12,16H,13H2,1H3. The largest absolute Gasteiger partial charge is 0.288 e. The summed E-state index contributed by atoms with van der Waals surface area (Å²) in [4.78, 5) is 14.1. The second-order valence-electron chi connectivity index (χ2n) is 5.16. The van der Waals surface area contributed by atoms with Gasteiger partial charge in [-0.2, -0.15) is 0 Å². The Hall–Kier alpha value is -2.35. The third kappa shape index (κ3) is 2.50. The van der Waals surface area contributed by atoms with Crippen LogP contribution < -0.4 is 4.90 Å². The van der Waals surface area contributed by atoms with E-state index in [1.807, 2.05) is 55.6 Å². The second-order valence-corrected chi connectivity index (χ2v) is 5.16. The van der Waals surface area contributed by atoms with E-state index in [4.69, 9.17) is 0 Å². The maximum Gasteiger partial charge on any atom is 0.231 e. The molecule has 2 heteroatoms. The monoisotopic (exact) mass is 263 g/mol. The molecule has 0 saturated carbocycles. The summed E-state index contributed by atoms with van der Waals surface area (Å²) >= 11 is 0. The smallest absolute Gasteiger partial charge is 0.231 e. The molecule has 2 aromatic rings. The number of carbonyl (C=O) groups is 1. The van der Waals surface area contributed by atoms with Crippen LogP contribution in [0.4, 0.5) is 5.69 Å². The van der Waals surface area contributed by atoms with Crippen LogP contribution in [0.15, 0.2) is 66.9 Å². The zero-order valence-electron chi connectivity index (χ0n) is 11.5. The zero-order valence-corrected chi connectivity index (χ0v) is 11.5. The molecule has 100 valence electrons. The zero-order chi connectivity index (χ0) is 13.9. The molecule has 0 bridgehead atoms. The van der Waals surface area contributed by atoms with Crippen LogP contribution >= 0.6 is 0 Å². The van der Waals surface area contributed by atoms with Gasteiger partial charge in [-0.25, -0.2) is 0 Å². The third-order valence-corrected chi connectivity index (χ3v) is 3.67. The molecule has 2 nitrogen and oxygen atoms in total. The summed E-state index contributed by atoms with van der Waals surface area (Å²) in [7, 11) is 0. The van der Waals surface area contributed by atoms with Crippen LogP contribution in [0.1, 0.15) is 23.5 Å². The van der Waals surface area contributed by atoms with Gasteiger partial charge in [0, 0.05) is 24.2 Å². The first-order chi connectivity index (χ1) is 9.74. The predicted molar refractivity (Wildman–Crippen MR) is 81.6 cm³/mol. The minimum Gasteiger partial charge on any atom is -0.288 e. The molecule has 0 saturated heterocycles. The van der Waals surface area contributed by atoms with Crippen molar-refractivity contribution >= 4 is 11.6 Å². The number of hydrogen-bond acceptors (Lipinski definition) is 1. The molecular weight excluding hydrogens is 246 g/mol. The molecule has 20 heavy (non-hydrogen) atoms. The quantitative estimate of drug-likeness (QED) is 0.801. The van der Waals surface area contributed by atoms with Crippen molar-refractivity contribution < 1.29 is 4.79 Å². The van der Waals surface area contributed by atoms with Gasteiger partial charge in [0.05, 0.1) is 0 Å². The van der Waals surface area contributed by atoms with Gasteiger partial charge in [0.25, 0.3) is 0 Å². The normalized spacial score (nSPS) is 18.4. The van der Waals surface area contributed by atoms with Crippen LogP contribution in [0.3, 0.4) is 0 Å². The molecule has 1 amide bonds. The van der Waals surface area contributed by atoms with Crippen LogP contribution in [0.25, 0.3) is 0 Å². The number of anilines is 1. The summed E-state index contributed by atoms with van der Waals surface area (Å²) in [6.07, 6.45) is 4.53.